The summed E-state index contributed by atoms with van der Waals surface area (Å²) in [5.74, 6) is 0. The minimum atomic E-state index is -0.919. The van der Waals surface area contributed by atoms with Crippen molar-refractivity contribution in [1.29, 1.82) is 0 Å². The van der Waals surface area contributed by atoms with Crippen molar-refractivity contribution >= 4 is 12.4 Å². The second-order valence-corrected chi connectivity index (χ2v) is 5.73. The number of carbonyl (C=O) groups excluding carboxylic acids is 2. The fourth-order valence-electron chi connectivity index (χ4n) is 1.81. The molecule has 1 rings (SSSR count). The maximum Gasteiger partial charge on any atom is 0.407 e. The fourth-order valence-corrected chi connectivity index (χ4v) is 1.81. The van der Waals surface area contributed by atoms with Crippen LogP contribution in [0.2, 0.25) is 0 Å². The highest BCUT2D eigenvalue weighted by atomic mass is 16.6. The Morgan fingerprint density at radius 1 is 1.33 bits per heavy atom. The van der Waals surface area contributed by atoms with E-state index in [4.69, 9.17) is 9.94 Å². The van der Waals surface area contributed by atoms with Gasteiger partial charge >= 0.3 is 6.09 Å². The van der Waals surface area contributed by atoms with Gasteiger partial charge < -0.3 is 20.1 Å². The maximum atomic E-state index is 11.8. The van der Waals surface area contributed by atoms with Crippen LogP contribution in [0.3, 0.4) is 0 Å². The molecular weight excluding hydrogens is 272 g/mol. The molecule has 2 atom stereocenters. The van der Waals surface area contributed by atoms with Gasteiger partial charge in [0.1, 0.15) is 17.9 Å². The molecule has 1 amide bonds. The molecule has 6 nitrogen and oxygen atoms in total. The zero-order valence-electron chi connectivity index (χ0n) is 12.5. The summed E-state index contributed by atoms with van der Waals surface area (Å²) >= 11 is 0. The summed E-state index contributed by atoms with van der Waals surface area (Å²) in [6.45, 7) is 5.25. The van der Waals surface area contributed by atoms with E-state index in [0.29, 0.717) is 12.7 Å². The number of benzene rings is 1. The lowest BCUT2D eigenvalue weighted by atomic mass is 10.0. The first kappa shape index (κ1) is 17.1. The number of ether oxygens (including phenoxy) is 1. The Morgan fingerprint density at radius 3 is 2.43 bits per heavy atom. The highest BCUT2D eigenvalue weighted by molar-refractivity contribution is 5.70. The van der Waals surface area contributed by atoms with Crippen molar-refractivity contribution in [2.24, 2.45) is 0 Å². The third kappa shape index (κ3) is 6.37. The third-order valence-corrected chi connectivity index (χ3v) is 2.73. The highest BCUT2D eigenvalue weighted by Gasteiger charge is 2.25. The SMILES string of the molecule is CC(C)(C)OC(=O)N[C@H](Cc1ccccc1)C(C=O)NO. The van der Waals surface area contributed by atoms with Crippen LogP contribution in [0, 0.1) is 0 Å². The lowest BCUT2D eigenvalue weighted by Gasteiger charge is -2.26. The van der Waals surface area contributed by atoms with Crippen molar-refractivity contribution in [2.75, 3.05) is 0 Å². The van der Waals surface area contributed by atoms with Crippen LogP contribution in [-0.2, 0) is 16.0 Å². The number of rotatable bonds is 6. The summed E-state index contributed by atoms with van der Waals surface area (Å²) < 4.78 is 5.17. The molecule has 1 unspecified atom stereocenters. The Labute approximate surface area is 124 Å². The van der Waals surface area contributed by atoms with Crippen molar-refractivity contribution in [3.8, 4) is 0 Å². The van der Waals surface area contributed by atoms with Gasteiger partial charge in [-0.1, -0.05) is 30.3 Å². The zero-order chi connectivity index (χ0) is 15.9. The topological polar surface area (TPSA) is 87.7 Å². The molecule has 0 aliphatic heterocycles. The summed E-state index contributed by atoms with van der Waals surface area (Å²) in [4.78, 5) is 22.9. The number of amides is 1. The van der Waals surface area contributed by atoms with E-state index in [0.717, 1.165) is 5.56 Å². The minimum Gasteiger partial charge on any atom is -0.444 e. The monoisotopic (exact) mass is 294 g/mol. The minimum absolute atomic E-state index is 0.386. The van der Waals surface area contributed by atoms with Gasteiger partial charge in [0, 0.05) is 0 Å². The van der Waals surface area contributed by atoms with Crippen LogP contribution >= 0.6 is 0 Å². The molecule has 0 heterocycles. The Bertz CT molecular complexity index is 456. The molecule has 116 valence electrons. The van der Waals surface area contributed by atoms with Gasteiger partial charge in [0.05, 0.1) is 6.04 Å². The van der Waals surface area contributed by atoms with Gasteiger partial charge in [-0.2, -0.15) is 5.48 Å². The Hall–Kier alpha value is -1.92. The van der Waals surface area contributed by atoms with Gasteiger partial charge in [0.15, 0.2) is 0 Å². The van der Waals surface area contributed by atoms with Gasteiger partial charge in [-0.3, -0.25) is 0 Å². The van der Waals surface area contributed by atoms with E-state index in [1.54, 1.807) is 20.8 Å². The van der Waals surface area contributed by atoms with Crippen molar-refractivity contribution in [3.63, 3.8) is 0 Å². The van der Waals surface area contributed by atoms with Crippen LogP contribution in [0.5, 0.6) is 0 Å². The summed E-state index contributed by atoms with van der Waals surface area (Å²) in [6.07, 6.45) is 0.299. The van der Waals surface area contributed by atoms with Crippen LogP contribution in [0.25, 0.3) is 0 Å². The summed E-state index contributed by atoms with van der Waals surface area (Å²) in [7, 11) is 0. The molecule has 3 N–H and O–H groups in total. The summed E-state index contributed by atoms with van der Waals surface area (Å²) in [6, 6.07) is 7.82. The lowest BCUT2D eigenvalue weighted by molar-refractivity contribution is -0.112. The van der Waals surface area contributed by atoms with E-state index in [1.807, 2.05) is 35.8 Å². The van der Waals surface area contributed by atoms with Gasteiger partial charge in [-0.15, -0.1) is 0 Å². The first-order chi connectivity index (χ1) is 9.85. The second-order valence-electron chi connectivity index (χ2n) is 5.73. The molecule has 0 saturated heterocycles. The van der Waals surface area contributed by atoms with Crippen molar-refractivity contribution in [2.45, 2.75) is 44.9 Å². The quantitative estimate of drug-likeness (QED) is 0.549. The second kappa shape index (κ2) is 7.75. The first-order valence-corrected chi connectivity index (χ1v) is 6.74. The van der Waals surface area contributed by atoms with Crippen LogP contribution in [-0.4, -0.2) is 35.3 Å². The molecule has 0 aliphatic rings. The summed E-state index contributed by atoms with van der Waals surface area (Å²) in [5.41, 5.74) is 2.20. The summed E-state index contributed by atoms with van der Waals surface area (Å²) in [5, 5.41) is 11.7. The molecule has 0 aliphatic carbocycles. The van der Waals surface area contributed by atoms with Gasteiger partial charge in [-0.25, -0.2) is 4.79 Å². The smallest absolute Gasteiger partial charge is 0.407 e. The number of hydrogen-bond donors (Lipinski definition) is 3. The molecule has 0 fully saturated rings. The molecule has 0 saturated carbocycles. The lowest BCUT2D eigenvalue weighted by Crippen LogP contribution is -2.52. The largest absolute Gasteiger partial charge is 0.444 e. The maximum absolute atomic E-state index is 11.8. The Kier molecular flexibility index (Phi) is 6.33. The predicted octanol–water partition coefficient (Wildman–Crippen LogP) is 1.67. The molecule has 0 radical (unpaired) electrons. The standard InChI is InChI=1S/C15H22N2O4/c1-15(2,3)21-14(19)16-12(13(10-18)17-20)9-11-7-5-4-6-8-11/h4-8,10,12-13,17,20H,9H2,1-3H3,(H,16,19)/t12-,13?/m1/s1. The van der Waals surface area contributed by atoms with E-state index >= 15 is 0 Å². The predicted molar refractivity (Wildman–Crippen MR) is 78.1 cm³/mol. The molecule has 6 heteroatoms. The van der Waals surface area contributed by atoms with Crippen molar-refractivity contribution in [3.05, 3.63) is 35.9 Å². The number of carbonyl (C=O) groups is 2. The molecule has 1 aromatic rings. The van der Waals surface area contributed by atoms with E-state index in [1.165, 1.54) is 0 Å². The molecule has 21 heavy (non-hydrogen) atoms. The molecule has 0 aromatic heterocycles. The van der Waals surface area contributed by atoms with Crippen LogP contribution < -0.4 is 10.8 Å². The number of hydroxylamine groups is 1. The number of nitrogens with one attached hydrogen (secondary N) is 2. The molecule has 1 aromatic carbocycles. The van der Waals surface area contributed by atoms with Crippen molar-refractivity contribution < 1.29 is 19.5 Å². The van der Waals surface area contributed by atoms with Gasteiger partial charge in [0.25, 0.3) is 0 Å². The first-order valence-electron chi connectivity index (χ1n) is 6.74. The van der Waals surface area contributed by atoms with Crippen LogP contribution in [0.15, 0.2) is 30.3 Å². The van der Waals surface area contributed by atoms with E-state index in [9.17, 15) is 9.59 Å². The molecule has 0 bridgehead atoms. The van der Waals surface area contributed by atoms with E-state index in [2.05, 4.69) is 5.32 Å². The highest BCUT2D eigenvalue weighted by Crippen LogP contribution is 2.09. The number of aldehydes is 1. The zero-order valence-corrected chi connectivity index (χ0v) is 12.5. The van der Waals surface area contributed by atoms with Gasteiger partial charge in [0.2, 0.25) is 0 Å². The average molecular weight is 294 g/mol. The Morgan fingerprint density at radius 2 is 1.95 bits per heavy atom. The van der Waals surface area contributed by atoms with Crippen LogP contribution in [0.1, 0.15) is 26.3 Å². The normalized spacial score (nSPS) is 14.1. The van der Waals surface area contributed by atoms with E-state index in [-0.39, 0.29) is 0 Å². The molecule has 0 spiro atoms. The van der Waals surface area contributed by atoms with Crippen molar-refractivity contribution in [1.82, 2.24) is 10.8 Å². The fraction of sp³-hybridized carbons (Fsp3) is 0.467. The number of hydrogen-bond acceptors (Lipinski definition) is 5. The third-order valence-electron chi connectivity index (χ3n) is 2.73. The molecular formula is C15H22N2O4. The number of alkyl carbamates (subject to hydrolysis) is 1. The van der Waals surface area contributed by atoms with Gasteiger partial charge in [-0.05, 0) is 32.8 Å². The average Bonchev–Trinajstić information content (AvgIpc) is 2.39. The van der Waals surface area contributed by atoms with Crippen LogP contribution in [0.4, 0.5) is 4.79 Å². The Balaban J connectivity index is 2.78. The van der Waals surface area contributed by atoms with E-state index < -0.39 is 23.8 Å².